The summed E-state index contributed by atoms with van der Waals surface area (Å²) in [5, 5.41) is 21.4. The third-order valence-corrected chi connectivity index (χ3v) is 5.62. The van der Waals surface area contributed by atoms with Crippen LogP contribution in [0.15, 0.2) is 24.3 Å². The summed E-state index contributed by atoms with van der Waals surface area (Å²) in [6.07, 6.45) is -14.9. The summed E-state index contributed by atoms with van der Waals surface area (Å²) in [6, 6.07) is 8.94. The third-order valence-electron chi connectivity index (χ3n) is 5.62. The average Bonchev–Trinajstić information content (AvgIpc) is 3.30. The standard InChI is InChI=1S/C18H29N3O2.3C2HF3O2/c1-19(2)8-9-21-10-11-23-18-14-20(13-17(18)21)12-15-4-6-16(22-3)7-5-15;3*3-2(4,5)1(6)7/h4-7,17-18H,8-14H2,1-3H3;3*(H,6,7)/t17-,18+;;;/m1.../s1. The van der Waals surface area contributed by atoms with Gasteiger partial charge in [0.25, 0.3) is 0 Å². The van der Waals surface area contributed by atoms with Gasteiger partial charge in [-0.15, -0.1) is 0 Å². The van der Waals surface area contributed by atoms with Crippen molar-refractivity contribution in [2.24, 2.45) is 0 Å². The molecule has 0 unspecified atom stereocenters. The highest BCUT2D eigenvalue weighted by Crippen LogP contribution is 2.25. The summed E-state index contributed by atoms with van der Waals surface area (Å²) in [4.78, 5) is 34.1. The first-order chi connectivity index (χ1) is 20.0. The molecule has 44 heavy (non-hydrogen) atoms. The number of methoxy groups -OCH3 is 1. The fourth-order valence-electron chi connectivity index (χ4n) is 3.56. The Labute approximate surface area is 245 Å². The van der Waals surface area contributed by atoms with Crippen molar-refractivity contribution in [3.8, 4) is 5.75 Å². The topological polar surface area (TPSA) is 140 Å². The molecule has 1 aromatic carbocycles. The Bertz CT molecular complexity index is 979. The summed E-state index contributed by atoms with van der Waals surface area (Å²) < 4.78 is 106. The molecule has 1 aromatic rings. The first kappa shape index (κ1) is 40.6. The van der Waals surface area contributed by atoms with Crippen molar-refractivity contribution in [2.45, 2.75) is 37.2 Å². The van der Waals surface area contributed by atoms with E-state index in [1.165, 1.54) is 5.56 Å². The maximum Gasteiger partial charge on any atom is 0.490 e. The van der Waals surface area contributed by atoms with E-state index in [2.05, 4.69) is 40.9 Å². The van der Waals surface area contributed by atoms with Crippen molar-refractivity contribution in [3.63, 3.8) is 0 Å². The molecule has 254 valence electrons. The molecule has 0 radical (unpaired) electrons. The Kier molecular flexibility index (Phi) is 16.5. The number of morpholine rings is 1. The number of nitrogens with zero attached hydrogens (tertiary/aromatic N) is 3. The number of carboxylic acids is 3. The number of ether oxygens (including phenoxy) is 2. The van der Waals surface area contributed by atoms with Gasteiger partial charge < -0.3 is 29.7 Å². The fraction of sp³-hybridized carbons (Fsp3) is 0.625. The zero-order valence-electron chi connectivity index (χ0n) is 23.5. The van der Waals surface area contributed by atoms with E-state index in [-0.39, 0.29) is 0 Å². The number of carbonyl (C=O) groups is 3. The number of hydrogen-bond donors (Lipinski definition) is 3. The minimum absolute atomic E-state index is 0.365. The largest absolute Gasteiger partial charge is 0.497 e. The number of likely N-dealkylation sites (tertiary alicyclic amines) is 1. The lowest BCUT2D eigenvalue weighted by atomic mass is 10.1. The van der Waals surface area contributed by atoms with Crippen LogP contribution in [0.3, 0.4) is 0 Å². The van der Waals surface area contributed by atoms with Gasteiger partial charge in [-0.25, -0.2) is 14.4 Å². The molecule has 0 saturated carbocycles. The number of alkyl halides is 9. The van der Waals surface area contributed by atoms with Crippen LogP contribution in [0.2, 0.25) is 0 Å². The molecule has 2 fully saturated rings. The third kappa shape index (κ3) is 16.5. The molecule has 0 aromatic heterocycles. The van der Waals surface area contributed by atoms with Gasteiger partial charge in [0.15, 0.2) is 0 Å². The first-order valence-corrected chi connectivity index (χ1v) is 12.2. The van der Waals surface area contributed by atoms with E-state index in [1.807, 2.05) is 12.1 Å². The van der Waals surface area contributed by atoms with Crippen LogP contribution in [0.5, 0.6) is 5.75 Å². The van der Waals surface area contributed by atoms with Crippen LogP contribution in [0.4, 0.5) is 39.5 Å². The van der Waals surface area contributed by atoms with Crippen molar-refractivity contribution in [1.29, 1.82) is 0 Å². The van der Waals surface area contributed by atoms with E-state index >= 15 is 0 Å². The van der Waals surface area contributed by atoms with Gasteiger partial charge >= 0.3 is 36.4 Å². The summed E-state index contributed by atoms with van der Waals surface area (Å²) >= 11 is 0. The molecule has 0 amide bonds. The number of fused-ring (bicyclic) bond motifs is 1. The number of hydrogen-bond acceptors (Lipinski definition) is 8. The fourth-order valence-corrected chi connectivity index (χ4v) is 3.56. The lowest BCUT2D eigenvalue weighted by Gasteiger charge is -2.37. The highest BCUT2D eigenvalue weighted by atomic mass is 19.4. The minimum atomic E-state index is -5.08. The molecule has 2 saturated heterocycles. The van der Waals surface area contributed by atoms with Crippen molar-refractivity contribution in [2.75, 3.05) is 60.5 Å². The maximum atomic E-state index is 10.6. The van der Waals surface area contributed by atoms with Crippen molar-refractivity contribution < 1.29 is 78.7 Å². The van der Waals surface area contributed by atoms with Crippen LogP contribution < -0.4 is 4.74 Å². The summed E-state index contributed by atoms with van der Waals surface area (Å²) in [6.45, 7) is 7.30. The molecule has 2 heterocycles. The SMILES string of the molecule is COc1ccc(CN2C[C@@H]3OCCN(CCN(C)C)[C@@H]3C2)cc1.O=C(O)C(F)(F)F.O=C(O)C(F)(F)F.O=C(O)C(F)(F)F. The molecule has 3 rings (SSSR count). The zero-order chi connectivity index (χ0) is 34.5. The van der Waals surface area contributed by atoms with Gasteiger partial charge in [-0.2, -0.15) is 39.5 Å². The molecule has 3 N–H and O–H groups in total. The van der Waals surface area contributed by atoms with Crippen LogP contribution in [0, 0.1) is 0 Å². The van der Waals surface area contributed by atoms with Gasteiger partial charge in [0.2, 0.25) is 0 Å². The lowest BCUT2D eigenvalue weighted by Crippen LogP contribution is -2.52. The molecular weight excluding hydrogens is 629 g/mol. The zero-order valence-corrected chi connectivity index (χ0v) is 23.5. The minimum Gasteiger partial charge on any atom is -0.497 e. The Morgan fingerprint density at radius 3 is 1.66 bits per heavy atom. The maximum absolute atomic E-state index is 10.6. The second kappa shape index (κ2) is 17.8. The molecule has 2 aliphatic heterocycles. The molecule has 0 spiro atoms. The van der Waals surface area contributed by atoms with Gasteiger partial charge in [-0.1, -0.05) is 12.1 Å². The highest BCUT2D eigenvalue weighted by Gasteiger charge is 2.40. The Morgan fingerprint density at radius 2 is 1.30 bits per heavy atom. The van der Waals surface area contributed by atoms with E-state index in [1.54, 1.807) is 7.11 Å². The van der Waals surface area contributed by atoms with Gasteiger partial charge in [-0.3, -0.25) is 9.80 Å². The molecule has 0 bridgehead atoms. The van der Waals surface area contributed by atoms with E-state index < -0.39 is 36.4 Å². The number of carboxylic acid groups (broad SMARTS) is 3. The number of halogens is 9. The van der Waals surface area contributed by atoms with E-state index in [0.29, 0.717) is 12.1 Å². The van der Waals surface area contributed by atoms with Crippen LogP contribution in [-0.4, -0.2) is 139 Å². The Balaban J connectivity index is 0.000000721. The van der Waals surface area contributed by atoms with E-state index in [0.717, 1.165) is 51.6 Å². The Morgan fingerprint density at radius 1 is 0.864 bits per heavy atom. The summed E-state index contributed by atoms with van der Waals surface area (Å²) in [5.41, 5.74) is 1.34. The quantitative estimate of drug-likeness (QED) is 0.388. The molecule has 20 heteroatoms. The second-order valence-electron chi connectivity index (χ2n) is 9.27. The molecule has 0 aliphatic carbocycles. The van der Waals surface area contributed by atoms with Crippen LogP contribution in [0.1, 0.15) is 5.56 Å². The first-order valence-electron chi connectivity index (χ1n) is 12.2. The smallest absolute Gasteiger partial charge is 0.490 e. The second-order valence-corrected chi connectivity index (χ2v) is 9.27. The number of benzene rings is 1. The summed E-state index contributed by atoms with van der Waals surface area (Å²) in [7, 11) is 5.99. The predicted molar refractivity (Wildman–Crippen MR) is 133 cm³/mol. The highest BCUT2D eigenvalue weighted by molar-refractivity contribution is 5.73. The van der Waals surface area contributed by atoms with Gasteiger partial charge in [-0.05, 0) is 31.8 Å². The van der Waals surface area contributed by atoms with E-state index in [4.69, 9.17) is 39.2 Å². The molecule has 2 atom stereocenters. The molecule has 2 aliphatic rings. The molecule has 11 nitrogen and oxygen atoms in total. The van der Waals surface area contributed by atoms with Crippen LogP contribution >= 0.6 is 0 Å². The number of aliphatic carboxylic acids is 3. The van der Waals surface area contributed by atoms with Crippen LogP contribution in [0.25, 0.3) is 0 Å². The van der Waals surface area contributed by atoms with Crippen LogP contribution in [-0.2, 0) is 25.7 Å². The Hall–Kier alpha value is -3.36. The monoisotopic (exact) mass is 661 g/mol. The van der Waals surface area contributed by atoms with Crippen molar-refractivity contribution in [1.82, 2.24) is 14.7 Å². The van der Waals surface area contributed by atoms with Gasteiger partial charge in [0.1, 0.15) is 5.75 Å². The van der Waals surface area contributed by atoms with Gasteiger partial charge in [0.05, 0.1) is 19.8 Å². The summed E-state index contributed by atoms with van der Waals surface area (Å²) in [5.74, 6) is -7.35. The van der Waals surface area contributed by atoms with Crippen molar-refractivity contribution in [3.05, 3.63) is 29.8 Å². The molecular formula is C24H32F9N3O8. The number of likely N-dealkylation sites (N-methyl/N-ethyl adjacent to an activating group) is 1. The normalized spacial score (nSPS) is 18.8. The van der Waals surface area contributed by atoms with Gasteiger partial charge in [0, 0.05) is 45.3 Å². The van der Waals surface area contributed by atoms with Crippen molar-refractivity contribution >= 4 is 17.9 Å². The average molecular weight is 662 g/mol. The lowest BCUT2D eigenvalue weighted by molar-refractivity contribution is -0.193. The predicted octanol–water partition coefficient (Wildman–Crippen LogP) is 3.04. The number of rotatable bonds is 6. The van der Waals surface area contributed by atoms with E-state index in [9.17, 15) is 39.5 Å².